The molecular formula is C19H17BrFN3O3. The second kappa shape index (κ2) is 7.87. The normalized spacial score (nSPS) is 16.3. The van der Waals surface area contributed by atoms with E-state index >= 15 is 0 Å². The van der Waals surface area contributed by atoms with Gasteiger partial charge in [0.05, 0.1) is 17.3 Å². The summed E-state index contributed by atoms with van der Waals surface area (Å²) in [4.78, 5) is 37.6. The van der Waals surface area contributed by atoms with E-state index in [-0.39, 0.29) is 30.5 Å². The number of hydrogen-bond acceptors (Lipinski definition) is 3. The molecule has 0 spiro atoms. The third kappa shape index (κ3) is 4.33. The lowest BCUT2D eigenvalue weighted by atomic mass is 10.1. The lowest BCUT2D eigenvalue weighted by molar-refractivity contribution is -0.122. The van der Waals surface area contributed by atoms with Crippen LogP contribution in [0, 0.1) is 11.7 Å². The van der Waals surface area contributed by atoms with Crippen LogP contribution in [-0.4, -0.2) is 24.3 Å². The maximum atomic E-state index is 14.0. The number of halogens is 2. The molecule has 1 atom stereocenters. The molecule has 1 aliphatic rings. The molecule has 0 aromatic heterocycles. The fraction of sp³-hybridized carbons (Fsp3) is 0.211. The van der Waals surface area contributed by atoms with Crippen LogP contribution in [0.2, 0.25) is 0 Å². The lowest BCUT2D eigenvalue weighted by Gasteiger charge is -2.18. The molecule has 2 aromatic rings. The van der Waals surface area contributed by atoms with E-state index < -0.39 is 17.6 Å². The zero-order chi connectivity index (χ0) is 19.6. The lowest BCUT2D eigenvalue weighted by Crippen LogP contribution is -2.28. The second-order valence-electron chi connectivity index (χ2n) is 6.22. The van der Waals surface area contributed by atoms with E-state index in [2.05, 4.69) is 26.6 Å². The molecule has 6 nitrogen and oxygen atoms in total. The monoisotopic (exact) mass is 433 g/mol. The Kier molecular flexibility index (Phi) is 5.55. The molecule has 1 fully saturated rings. The summed E-state index contributed by atoms with van der Waals surface area (Å²) in [6.07, 6.45) is 0.0418. The fourth-order valence-corrected chi connectivity index (χ4v) is 3.42. The van der Waals surface area contributed by atoms with E-state index in [1.807, 2.05) is 18.2 Å². The molecular weight excluding hydrogens is 417 g/mol. The summed E-state index contributed by atoms with van der Waals surface area (Å²) in [6, 6.07) is 11.2. The van der Waals surface area contributed by atoms with E-state index in [1.165, 1.54) is 19.1 Å². The summed E-state index contributed by atoms with van der Waals surface area (Å²) < 4.78 is 14.8. The quantitative estimate of drug-likeness (QED) is 0.773. The standard InChI is InChI=1S/C19H17BrFN3O3/c1-11(25)22-13-6-7-15(21)16(9-13)23-19(27)12-8-18(26)24(10-12)17-5-3-2-4-14(17)20/h2-7,9,12H,8,10H2,1H3,(H,22,25)(H,23,27)/t12-/m0/s1. The molecule has 3 rings (SSSR count). The van der Waals surface area contributed by atoms with Crippen molar-refractivity contribution in [2.75, 3.05) is 22.1 Å². The van der Waals surface area contributed by atoms with Crippen LogP contribution < -0.4 is 15.5 Å². The number of carbonyl (C=O) groups is 3. The first kappa shape index (κ1) is 19.0. The van der Waals surface area contributed by atoms with Crippen LogP contribution in [0.15, 0.2) is 46.9 Å². The Hall–Kier alpha value is -2.74. The van der Waals surface area contributed by atoms with Gasteiger partial charge in [0.15, 0.2) is 0 Å². The summed E-state index contributed by atoms with van der Waals surface area (Å²) in [5.41, 5.74) is 1.02. The van der Waals surface area contributed by atoms with Crippen molar-refractivity contribution in [2.24, 2.45) is 5.92 Å². The molecule has 0 radical (unpaired) electrons. The number of benzene rings is 2. The first-order valence-corrected chi connectivity index (χ1v) is 9.07. The number of amides is 3. The summed E-state index contributed by atoms with van der Waals surface area (Å²) in [5, 5.41) is 5.05. The molecule has 8 heteroatoms. The third-order valence-corrected chi connectivity index (χ3v) is 4.85. The van der Waals surface area contributed by atoms with Crippen molar-refractivity contribution >= 4 is 50.7 Å². The fourth-order valence-electron chi connectivity index (χ4n) is 2.92. The number of hydrogen-bond donors (Lipinski definition) is 2. The zero-order valence-corrected chi connectivity index (χ0v) is 16.0. The van der Waals surface area contributed by atoms with Crippen LogP contribution in [0.25, 0.3) is 0 Å². The van der Waals surface area contributed by atoms with Gasteiger partial charge in [-0.15, -0.1) is 0 Å². The Morgan fingerprint density at radius 3 is 2.63 bits per heavy atom. The predicted octanol–water partition coefficient (Wildman–Crippen LogP) is 3.54. The largest absolute Gasteiger partial charge is 0.326 e. The Labute approximate surface area is 163 Å². The molecule has 0 bridgehead atoms. The molecule has 140 valence electrons. The summed E-state index contributed by atoms with van der Waals surface area (Å²) in [6.45, 7) is 1.54. The van der Waals surface area contributed by atoms with Gasteiger partial charge in [-0.3, -0.25) is 14.4 Å². The van der Waals surface area contributed by atoms with Crippen molar-refractivity contribution in [3.63, 3.8) is 0 Å². The summed E-state index contributed by atoms with van der Waals surface area (Å²) in [5.74, 6) is -2.14. The van der Waals surface area contributed by atoms with Crippen LogP contribution in [0.1, 0.15) is 13.3 Å². The van der Waals surface area contributed by atoms with Crippen molar-refractivity contribution in [1.29, 1.82) is 0 Å². The Morgan fingerprint density at radius 2 is 1.93 bits per heavy atom. The minimum Gasteiger partial charge on any atom is -0.326 e. The highest BCUT2D eigenvalue weighted by molar-refractivity contribution is 9.10. The molecule has 0 aliphatic carbocycles. The van der Waals surface area contributed by atoms with Crippen molar-refractivity contribution in [1.82, 2.24) is 0 Å². The van der Waals surface area contributed by atoms with Crippen molar-refractivity contribution < 1.29 is 18.8 Å². The van der Waals surface area contributed by atoms with E-state index in [1.54, 1.807) is 11.0 Å². The Morgan fingerprint density at radius 1 is 1.19 bits per heavy atom. The molecule has 2 aromatic carbocycles. The summed E-state index contributed by atoms with van der Waals surface area (Å²) >= 11 is 3.40. The minimum atomic E-state index is -0.621. The Balaban J connectivity index is 1.73. The van der Waals surface area contributed by atoms with Gasteiger partial charge in [-0.25, -0.2) is 4.39 Å². The molecule has 1 saturated heterocycles. The second-order valence-corrected chi connectivity index (χ2v) is 7.08. The van der Waals surface area contributed by atoms with E-state index in [0.717, 1.165) is 10.5 Å². The van der Waals surface area contributed by atoms with E-state index in [0.29, 0.717) is 11.4 Å². The van der Waals surface area contributed by atoms with Gasteiger partial charge in [0, 0.05) is 30.0 Å². The maximum Gasteiger partial charge on any atom is 0.229 e. The highest BCUT2D eigenvalue weighted by Crippen LogP contribution is 2.32. The molecule has 0 saturated carbocycles. The SMILES string of the molecule is CC(=O)Nc1ccc(F)c(NC(=O)[C@H]2CC(=O)N(c3ccccc3Br)C2)c1. The van der Waals surface area contributed by atoms with Crippen molar-refractivity contribution in [2.45, 2.75) is 13.3 Å². The first-order chi connectivity index (χ1) is 12.8. The number of para-hydroxylation sites is 1. The van der Waals surface area contributed by atoms with Crippen LogP contribution in [-0.2, 0) is 14.4 Å². The number of carbonyl (C=O) groups excluding carboxylic acids is 3. The van der Waals surface area contributed by atoms with Gasteiger partial charge in [-0.2, -0.15) is 0 Å². The molecule has 1 heterocycles. The van der Waals surface area contributed by atoms with Crippen LogP contribution >= 0.6 is 15.9 Å². The highest BCUT2D eigenvalue weighted by Gasteiger charge is 2.36. The van der Waals surface area contributed by atoms with Crippen molar-refractivity contribution in [3.05, 3.63) is 52.8 Å². The molecule has 1 aliphatic heterocycles. The number of nitrogens with one attached hydrogen (secondary N) is 2. The third-order valence-electron chi connectivity index (χ3n) is 4.18. The molecule has 3 amide bonds. The number of rotatable bonds is 4. The van der Waals surface area contributed by atoms with Gasteiger partial charge in [0.25, 0.3) is 0 Å². The molecule has 0 unspecified atom stereocenters. The van der Waals surface area contributed by atoms with Gasteiger partial charge in [0.1, 0.15) is 5.82 Å². The predicted molar refractivity (Wildman–Crippen MR) is 104 cm³/mol. The smallest absolute Gasteiger partial charge is 0.229 e. The molecule has 27 heavy (non-hydrogen) atoms. The van der Waals surface area contributed by atoms with Crippen molar-refractivity contribution in [3.8, 4) is 0 Å². The average Bonchev–Trinajstić information content (AvgIpc) is 2.99. The van der Waals surface area contributed by atoms with Gasteiger partial charge >= 0.3 is 0 Å². The Bertz CT molecular complexity index is 919. The van der Waals surface area contributed by atoms with Gasteiger partial charge in [0.2, 0.25) is 17.7 Å². The minimum absolute atomic E-state index is 0.0418. The number of nitrogens with zero attached hydrogens (tertiary/aromatic N) is 1. The summed E-state index contributed by atoms with van der Waals surface area (Å²) in [7, 11) is 0. The maximum absolute atomic E-state index is 14.0. The van der Waals surface area contributed by atoms with Gasteiger partial charge in [-0.1, -0.05) is 12.1 Å². The van der Waals surface area contributed by atoms with Crippen LogP contribution in [0.5, 0.6) is 0 Å². The number of anilines is 3. The average molecular weight is 434 g/mol. The van der Waals surface area contributed by atoms with Crippen LogP contribution in [0.3, 0.4) is 0 Å². The van der Waals surface area contributed by atoms with E-state index in [4.69, 9.17) is 0 Å². The zero-order valence-electron chi connectivity index (χ0n) is 14.5. The topological polar surface area (TPSA) is 78.5 Å². The highest BCUT2D eigenvalue weighted by atomic mass is 79.9. The van der Waals surface area contributed by atoms with E-state index in [9.17, 15) is 18.8 Å². The first-order valence-electron chi connectivity index (χ1n) is 8.28. The molecule has 2 N–H and O–H groups in total. The van der Waals surface area contributed by atoms with Gasteiger partial charge in [-0.05, 0) is 46.3 Å². The van der Waals surface area contributed by atoms with Gasteiger partial charge < -0.3 is 15.5 Å². The van der Waals surface area contributed by atoms with Crippen LogP contribution in [0.4, 0.5) is 21.5 Å².